The Morgan fingerprint density at radius 2 is 1.78 bits per heavy atom. The molecule has 7 rings (SSSR count). The number of benzene rings is 4. The number of phenolic OH excluding ortho intramolecular Hbond substituents is 1. The lowest BCUT2D eigenvalue weighted by Gasteiger charge is -2.31. The summed E-state index contributed by atoms with van der Waals surface area (Å²) >= 11 is 0. The van der Waals surface area contributed by atoms with Crippen molar-refractivity contribution >= 4 is 35.3 Å². The van der Waals surface area contributed by atoms with Crippen LogP contribution in [0.15, 0.2) is 84.9 Å². The van der Waals surface area contributed by atoms with Crippen molar-refractivity contribution in [2.24, 2.45) is 0 Å². The van der Waals surface area contributed by atoms with Crippen molar-refractivity contribution in [3.63, 3.8) is 0 Å². The molecule has 3 heterocycles. The lowest BCUT2D eigenvalue weighted by molar-refractivity contribution is 0.0511. The Morgan fingerprint density at radius 3 is 2.58 bits per heavy atom. The lowest BCUT2D eigenvalue weighted by atomic mass is 9.97. The van der Waals surface area contributed by atoms with Crippen molar-refractivity contribution in [2.75, 3.05) is 62.0 Å². The van der Waals surface area contributed by atoms with Gasteiger partial charge in [-0.3, -0.25) is 15.1 Å². The smallest absolute Gasteiger partial charge is 0.414 e. The summed E-state index contributed by atoms with van der Waals surface area (Å²) in [5, 5.41) is 40.1. The minimum Gasteiger partial charge on any atom is -0.506 e. The Kier molecular flexibility index (Phi) is 11.8. The molecule has 0 bridgehead atoms. The third-order valence-corrected chi connectivity index (χ3v) is 10.3. The molecular weight excluding hydrogens is 702 g/mol. The van der Waals surface area contributed by atoms with Crippen LogP contribution in [0.4, 0.5) is 26.7 Å². The van der Waals surface area contributed by atoms with Gasteiger partial charge in [-0.2, -0.15) is 0 Å². The molecule has 55 heavy (non-hydrogen) atoms. The summed E-state index contributed by atoms with van der Waals surface area (Å²) in [7, 11) is 1.58. The standard InChI is InChI=1S/C42H47N5O8/c1-53-38-24-35-28(23-29(38)25-43-26-37(49)32-11-13-36(48)40-33(32)12-14-39(50)45-40)15-20-47(35)42(52)54-22-21-46-18-16-30(17-19-46)55-41(51)44-34-10-6-5-9-31(34)27-7-3-2-4-8-27/h2-14,23-24,30,37,39,43,45,48-50H,15-22,25-26H2,1H3,(H,44,51)/t37-,39?/m0/s1. The highest BCUT2D eigenvalue weighted by atomic mass is 16.6. The Hall–Kier alpha value is -5.60. The number of carbonyl (C=O) groups excluding carboxylic acids is 2. The molecule has 288 valence electrons. The molecule has 1 saturated heterocycles. The largest absolute Gasteiger partial charge is 0.506 e. The fourth-order valence-corrected chi connectivity index (χ4v) is 7.41. The molecule has 1 fully saturated rings. The second kappa shape index (κ2) is 17.2. The van der Waals surface area contributed by atoms with Gasteiger partial charge in [-0.25, -0.2) is 9.59 Å². The van der Waals surface area contributed by atoms with Crippen LogP contribution < -0.4 is 25.6 Å². The van der Waals surface area contributed by atoms with Crippen LogP contribution in [0.3, 0.4) is 0 Å². The zero-order valence-electron chi connectivity index (χ0n) is 30.7. The van der Waals surface area contributed by atoms with Gasteiger partial charge in [-0.15, -0.1) is 0 Å². The first-order valence-corrected chi connectivity index (χ1v) is 18.6. The van der Waals surface area contributed by atoms with Gasteiger partial charge in [0.2, 0.25) is 0 Å². The summed E-state index contributed by atoms with van der Waals surface area (Å²) in [6, 6.07) is 24.6. The van der Waals surface area contributed by atoms with Gasteiger partial charge in [0, 0.05) is 62.0 Å². The summed E-state index contributed by atoms with van der Waals surface area (Å²) in [6.07, 6.45) is 2.43. The van der Waals surface area contributed by atoms with Crippen LogP contribution in [0.2, 0.25) is 0 Å². The molecule has 0 saturated carbocycles. The molecule has 4 aromatic rings. The van der Waals surface area contributed by atoms with E-state index in [1.54, 1.807) is 30.2 Å². The molecule has 13 nitrogen and oxygen atoms in total. The fraction of sp³-hybridized carbons (Fsp3) is 0.333. The number of carbonyl (C=O) groups is 2. The van der Waals surface area contributed by atoms with Crippen LogP contribution in [0, 0.1) is 0 Å². The van der Waals surface area contributed by atoms with Gasteiger partial charge < -0.3 is 40.2 Å². The summed E-state index contributed by atoms with van der Waals surface area (Å²) in [5.41, 5.74) is 6.92. The first kappa shape index (κ1) is 37.7. The number of piperidine rings is 1. The number of phenols is 1. The van der Waals surface area contributed by atoms with Crippen molar-refractivity contribution in [2.45, 2.75) is 44.2 Å². The Balaban J connectivity index is 0.850. The predicted molar refractivity (Wildman–Crippen MR) is 210 cm³/mol. The molecule has 2 amide bonds. The van der Waals surface area contributed by atoms with Crippen LogP contribution in [0.5, 0.6) is 11.5 Å². The van der Waals surface area contributed by atoms with E-state index in [-0.39, 0.29) is 25.0 Å². The number of amides is 2. The van der Waals surface area contributed by atoms with Crippen molar-refractivity contribution in [3.05, 3.63) is 107 Å². The SMILES string of the molecule is COc1cc2c(cc1CNC[C@H](O)c1ccc(O)c3c1C=CC(O)N3)CCN2C(=O)OCCN1CCC(OC(=O)Nc2ccccc2-c2ccccc2)CC1. The highest BCUT2D eigenvalue weighted by Gasteiger charge is 2.29. The fourth-order valence-electron chi connectivity index (χ4n) is 7.41. The number of fused-ring (bicyclic) bond motifs is 2. The normalized spacial score (nSPS) is 17.1. The molecule has 1 unspecified atom stereocenters. The number of hydrogen-bond acceptors (Lipinski definition) is 11. The third kappa shape index (κ3) is 8.87. The van der Waals surface area contributed by atoms with Crippen LogP contribution in [0.1, 0.15) is 41.2 Å². The molecule has 3 aliphatic rings. The first-order valence-electron chi connectivity index (χ1n) is 18.6. The lowest BCUT2D eigenvalue weighted by Crippen LogP contribution is -2.40. The molecule has 4 aromatic carbocycles. The van der Waals surface area contributed by atoms with Crippen LogP contribution in [-0.4, -0.2) is 91.2 Å². The van der Waals surface area contributed by atoms with Gasteiger partial charge in [0.15, 0.2) is 0 Å². The number of rotatable bonds is 12. The van der Waals surface area contributed by atoms with E-state index in [0.29, 0.717) is 67.1 Å². The zero-order valence-corrected chi connectivity index (χ0v) is 30.7. The number of nitrogens with zero attached hydrogens (tertiary/aromatic N) is 2. The van der Waals surface area contributed by atoms with E-state index in [1.165, 1.54) is 6.07 Å². The van der Waals surface area contributed by atoms with Gasteiger partial charge in [-0.05, 0) is 60.2 Å². The van der Waals surface area contributed by atoms with E-state index in [9.17, 15) is 24.9 Å². The number of nitrogens with one attached hydrogen (secondary N) is 3. The molecule has 0 radical (unpaired) electrons. The number of likely N-dealkylation sites (tertiary alicyclic amines) is 1. The van der Waals surface area contributed by atoms with Crippen molar-refractivity contribution in [1.82, 2.24) is 10.2 Å². The second-order valence-corrected chi connectivity index (χ2v) is 13.8. The highest BCUT2D eigenvalue weighted by molar-refractivity contribution is 5.92. The Morgan fingerprint density at radius 1 is 1.00 bits per heavy atom. The van der Waals surface area contributed by atoms with E-state index in [4.69, 9.17) is 14.2 Å². The molecule has 0 aromatic heterocycles. The van der Waals surface area contributed by atoms with Crippen LogP contribution in [0.25, 0.3) is 17.2 Å². The Bertz CT molecular complexity index is 2020. The van der Waals surface area contributed by atoms with E-state index in [2.05, 4.69) is 20.9 Å². The molecular formula is C42H47N5O8. The maximum absolute atomic E-state index is 13.2. The maximum atomic E-state index is 13.2. The number of ether oxygens (including phenoxy) is 3. The number of aliphatic hydroxyl groups excluding tert-OH is 2. The van der Waals surface area contributed by atoms with Gasteiger partial charge >= 0.3 is 12.2 Å². The van der Waals surface area contributed by atoms with Crippen molar-refractivity contribution in [1.29, 1.82) is 0 Å². The van der Waals surface area contributed by atoms with E-state index in [1.807, 2.05) is 66.7 Å². The number of aromatic hydroxyl groups is 1. The summed E-state index contributed by atoms with van der Waals surface area (Å²) in [6.45, 7) is 3.42. The monoisotopic (exact) mass is 749 g/mol. The average Bonchev–Trinajstić information content (AvgIpc) is 3.62. The van der Waals surface area contributed by atoms with Crippen molar-refractivity contribution < 1.29 is 39.1 Å². The van der Waals surface area contributed by atoms with E-state index < -0.39 is 24.5 Å². The minimum absolute atomic E-state index is 0.00397. The zero-order chi connectivity index (χ0) is 38.3. The number of hydrogen-bond donors (Lipinski definition) is 6. The van der Waals surface area contributed by atoms with E-state index >= 15 is 0 Å². The van der Waals surface area contributed by atoms with Gasteiger partial charge in [-0.1, -0.05) is 60.7 Å². The van der Waals surface area contributed by atoms with Crippen LogP contribution in [-0.2, 0) is 22.4 Å². The van der Waals surface area contributed by atoms with Gasteiger partial charge in [0.1, 0.15) is 30.4 Å². The minimum atomic E-state index is -0.914. The summed E-state index contributed by atoms with van der Waals surface area (Å²) in [5.74, 6) is 0.610. The molecule has 3 aliphatic heterocycles. The molecule has 13 heteroatoms. The van der Waals surface area contributed by atoms with Crippen LogP contribution >= 0.6 is 0 Å². The quantitative estimate of drug-likeness (QED) is 0.0962. The van der Waals surface area contributed by atoms with Gasteiger partial charge in [0.05, 0.1) is 30.3 Å². The highest BCUT2D eigenvalue weighted by Crippen LogP contribution is 2.38. The molecule has 6 N–H and O–H groups in total. The molecule has 0 aliphatic carbocycles. The Labute approximate surface area is 320 Å². The topological polar surface area (TPSA) is 165 Å². The number of aliphatic hydroxyl groups is 2. The second-order valence-electron chi connectivity index (χ2n) is 13.8. The number of anilines is 3. The number of methoxy groups -OCH3 is 1. The summed E-state index contributed by atoms with van der Waals surface area (Å²) < 4.78 is 17.2. The van der Waals surface area contributed by atoms with E-state index in [0.717, 1.165) is 41.0 Å². The van der Waals surface area contributed by atoms with Crippen molar-refractivity contribution in [3.8, 4) is 22.6 Å². The maximum Gasteiger partial charge on any atom is 0.414 e. The van der Waals surface area contributed by atoms with Gasteiger partial charge in [0.25, 0.3) is 0 Å². The predicted octanol–water partition coefficient (Wildman–Crippen LogP) is 5.86. The first-order chi connectivity index (χ1) is 26.8. The average molecular weight is 750 g/mol. The third-order valence-electron chi connectivity index (χ3n) is 10.3. The summed E-state index contributed by atoms with van der Waals surface area (Å²) in [4.78, 5) is 29.8. The number of para-hydroxylation sites is 1. The molecule has 0 spiro atoms. The molecule has 2 atom stereocenters.